The third-order valence-corrected chi connectivity index (χ3v) is 3.20. The molecule has 1 aromatic carbocycles. The van der Waals surface area contributed by atoms with E-state index in [2.05, 4.69) is 4.99 Å². The van der Waals surface area contributed by atoms with E-state index in [1.54, 1.807) is 0 Å². The molecule has 0 saturated heterocycles. The number of benzene rings is 1. The summed E-state index contributed by atoms with van der Waals surface area (Å²) < 4.78 is 1.48. The topological polar surface area (TPSA) is 71.7 Å². The van der Waals surface area contributed by atoms with Crippen molar-refractivity contribution >= 4 is 23.4 Å². The quantitative estimate of drug-likeness (QED) is 0.913. The lowest BCUT2D eigenvalue weighted by atomic mass is 9.98. The molecule has 1 aliphatic heterocycles. The Kier molecular flexibility index (Phi) is 3.23. The SMILES string of the molecule is O=C1CC=NC(n2ccc(=O)c(O)c2)=C1c1ccccc1. The molecule has 2 aromatic rings. The molecule has 2 heterocycles. The first-order valence-corrected chi connectivity index (χ1v) is 6.44. The van der Waals surface area contributed by atoms with Crippen LogP contribution in [0.5, 0.6) is 5.75 Å². The van der Waals surface area contributed by atoms with Crippen LogP contribution in [-0.2, 0) is 4.79 Å². The van der Waals surface area contributed by atoms with Gasteiger partial charge in [-0.1, -0.05) is 30.3 Å². The van der Waals surface area contributed by atoms with Gasteiger partial charge in [-0.05, 0) is 5.56 Å². The predicted octanol–water partition coefficient (Wildman–Crippen LogP) is 1.92. The minimum Gasteiger partial charge on any atom is -0.503 e. The maximum absolute atomic E-state index is 12.2. The maximum atomic E-state index is 12.2. The molecule has 5 nitrogen and oxygen atoms in total. The van der Waals surface area contributed by atoms with Crippen molar-refractivity contribution in [2.24, 2.45) is 4.99 Å². The summed E-state index contributed by atoms with van der Waals surface area (Å²) in [7, 11) is 0. The van der Waals surface area contributed by atoms with E-state index < -0.39 is 5.43 Å². The third kappa shape index (κ3) is 2.41. The van der Waals surface area contributed by atoms with Gasteiger partial charge in [0.1, 0.15) is 5.82 Å². The van der Waals surface area contributed by atoms with E-state index in [1.807, 2.05) is 30.3 Å². The highest BCUT2D eigenvalue weighted by Gasteiger charge is 2.21. The maximum Gasteiger partial charge on any atom is 0.223 e. The highest BCUT2D eigenvalue weighted by atomic mass is 16.3. The first-order chi connectivity index (χ1) is 10.2. The molecule has 0 radical (unpaired) electrons. The zero-order valence-electron chi connectivity index (χ0n) is 11.1. The molecule has 104 valence electrons. The molecule has 0 fully saturated rings. The van der Waals surface area contributed by atoms with Crippen molar-refractivity contribution < 1.29 is 9.90 Å². The van der Waals surface area contributed by atoms with Crippen LogP contribution in [0.1, 0.15) is 12.0 Å². The minimum atomic E-state index is -0.473. The monoisotopic (exact) mass is 280 g/mol. The number of nitrogens with zero attached hydrogens (tertiary/aromatic N) is 2. The molecule has 0 atom stereocenters. The van der Waals surface area contributed by atoms with Crippen molar-refractivity contribution in [3.05, 3.63) is 64.6 Å². The zero-order chi connectivity index (χ0) is 14.8. The molecule has 0 amide bonds. The third-order valence-electron chi connectivity index (χ3n) is 3.20. The Morgan fingerprint density at radius 1 is 1.10 bits per heavy atom. The first kappa shape index (κ1) is 13.1. The number of Topliss-reactive ketones (excluding diaryl/α,β-unsaturated/α-hetero) is 1. The molecule has 0 aliphatic carbocycles. The van der Waals surface area contributed by atoms with Crippen LogP contribution >= 0.6 is 0 Å². The molecule has 0 spiro atoms. The molecular formula is C16H12N2O3. The molecule has 0 saturated carbocycles. The van der Waals surface area contributed by atoms with Gasteiger partial charge >= 0.3 is 0 Å². The number of aromatic nitrogens is 1. The summed E-state index contributed by atoms with van der Waals surface area (Å²) in [6.45, 7) is 0. The van der Waals surface area contributed by atoms with Crippen molar-refractivity contribution in [2.45, 2.75) is 6.42 Å². The van der Waals surface area contributed by atoms with Crippen molar-refractivity contribution in [1.82, 2.24) is 4.57 Å². The fourth-order valence-corrected chi connectivity index (χ4v) is 2.20. The summed E-state index contributed by atoms with van der Waals surface area (Å²) in [6, 6.07) is 10.4. The fraction of sp³-hybridized carbons (Fsp3) is 0.0625. The van der Waals surface area contributed by atoms with Gasteiger partial charge in [0, 0.05) is 24.9 Å². The van der Waals surface area contributed by atoms with Gasteiger partial charge in [0.2, 0.25) is 5.43 Å². The smallest absolute Gasteiger partial charge is 0.223 e. The number of ketones is 1. The van der Waals surface area contributed by atoms with Crippen LogP contribution in [-0.4, -0.2) is 21.7 Å². The molecule has 1 aromatic heterocycles. The van der Waals surface area contributed by atoms with Gasteiger partial charge in [-0.2, -0.15) is 0 Å². The molecule has 1 aliphatic rings. The second-order valence-electron chi connectivity index (χ2n) is 4.61. The van der Waals surface area contributed by atoms with Gasteiger partial charge < -0.3 is 9.67 Å². The summed E-state index contributed by atoms with van der Waals surface area (Å²) >= 11 is 0. The van der Waals surface area contributed by atoms with E-state index in [1.165, 1.54) is 29.2 Å². The lowest BCUT2D eigenvalue weighted by Crippen LogP contribution is -2.13. The standard InChI is InChI=1S/C16H12N2O3/c19-12-7-9-18(10-14(12)21)16-15(13(20)6-8-17-16)11-4-2-1-3-5-11/h1-5,7-10,21H,6H2. The molecule has 1 N–H and O–H groups in total. The van der Waals surface area contributed by atoms with Crippen LogP contribution in [0.25, 0.3) is 11.4 Å². The molecule has 0 bridgehead atoms. The number of hydrogen-bond acceptors (Lipinski definition) is 4. The Bertz CT molecular complexity index is 817. The number of hydrogen-bond donors (Lipinski definition) is 1. The normalized spacial score (nSPS) is 14.6. The largest absolute Gasteiger partial charge is 0.503 e. The van der Waals surface area contributed by atoms with Crippen molar-refractivity contribution in [3.63, 3.8) is 0 Å². The van der Waals surface area contributed by atoms with Crippen LogP contribution in [0.15, 0.2) is 58.6 Å². The summed E-state index contributed by atoms with van der Waals surface area (Å²) in [4.78, 5) is 27.8. The number of pyridine rings is 1. The van der Waals surface area contributed by atoms with Crippen molar-refractivity contribution in [1.29, 1.82) is 0 Å². The van der Waals surface area contributed by atoms with Gasteiger partial charge in [-0.3, -0.25) is 9.59 Å². The summed E-state index contributed by atoms with van der Waals surface area (Å²) in [5, 5.41) is 9.56. The second-order valence-corrected chi connectivity index (χ2v) is 4.61. The fourth-order valence-electron chi connectivity index (χ4n) is 2.20. The van der Waals surface area contributed by atoms with E-state index in [-0.39, 0.29) is 18.0 Å². The van der Waals surface area contributed by atoms with E-state index >= 15 is 0 Å². The number of carbonyl (C=O) groups excluding carboxylic acids is 1. The van der Waals surface area contributed by atoms with Gasteiger partial charge in [-0.15, -0.1) is 0 Å². The number of carbonyl (C=O) groups is 1. The van der Waals surface area contributed by atoms with Crippen molar-refractivity contribution in [3.8, 4) is 5.75 Å². The van der Waals surface area contributed by atoms with Crippen LogP contribution in [0, 0.1) is 0 Å². The Morgan fingerprint density at radius 3 is 2.57 bits per heavy atom. The Balaban J connectivity index is 2.24. The number of aromatic hydroxyl groups is 1. The van der Waals surface area contributed by atoms with E-state index in [0.717, 1.165) is 5.56 Å². The number of allylic oxidation sites excluding steroid dienone is 1. The van der Waals surface area contributed by atoms with Crippen LogP contribution in [0.3, 0.4) is 0 Å². The van der Waals surface area contributed by atoms with Gasteiger partial charge in [-0.25, -0.2) is 4.99 Å². The summed E-state index contributed by atoms with van der Waals surface area (Å²) in [5.41, 5.74) is 0.757. The lowest BCUT2D eigenvalue weighted by molar-refractivity contribution is -0.112. The molecule has 0 unspecified atom stereocenters. The van der Waals surface area contributed by atoms with E-state index in [0.29, 0.717) is 11.4 Å². The molecule has 5 heteroatoms. The van der Waals surface area contributed by atoms with Crippen LogP contribution in [0.4, 0.5) is 0 Å². The second kappa shape index (κ2) is 5.20. The van der Waals surface area contributed by atoms with Crippen LogP contribution < -0.4 is 5.43 Å². The Labute approximate surface area is 120 Å². The summed E-state index contributed by atoms with van der Waals surface area (Å²) in [5.74, 6) is -0.0391. The van der Waals surface area contributed by atoms with Crippen molar-refractivity contribution in [2.75, 3.05) is 0 Å². The highest BCUT2D eigenvalue weighted by Crippen LogP contribution is 2.27. The number of rotatable bonds is 2. The molecule has 21 heavy (non-hydrogen) atoms. The first-order valence-electron chi connectivity index (χ1n) is 6.44. The zero-order valence-corrected chi connectivity index (χ0v) is 11.1. The average Bonchev–Trinajstić information content (AvgIpc) is 2.50. The average molecular weight is 280 g/mol. The van der Waals surface area contributed by atoms with Gasteiger partial charge in [0.15, 0.2) is 11.5 Å². The van der Waals surface area contributed by atoms with E-state index in [9.17, 15) is 14.7 Å². The minimum absolute atomic E-state index is 0.0515. The Morgan fingerprint density at radius 2 is 1.86 bits per heavy atom. The number of aliphatic imine (C=N–C) groups is 1. The Hall–Kier alpha value is -2.95. The molecule has 3 rings (SSSR count). The predicted molar refractivity (Wildman–Crippen MR) is 80.0 cm³/mol. The van der Waals surface area contributed by atoms with Gasteiger partial charge in [0.25, 0.3) is 0 Å². The summed E-state index contributed by atoms with van der Waals surface area (Å²) in [6.07, 6.45) is 4.51. The van der Waals surface area contributed by atoms with Gasteiger partial charge in [0.05, 0.1) is 11.8 Å². The lowest BCUT2D eigenvalue weighted by Gasteiger charge is -2.16. The van der Waals surface area contributed by atoms with Crippen LogP contribution in [0.2, 0.25) is 0 Å². The highest BCUT2D eigenvalue weighted by molar-refractivity contribution is 6.31. The molecular weight excluding hydrogens is 268 g/mol. The van der Waals surface area contributed by atoms with E-state index in [4.69, 9.17) is 0 Å².